The Balaban J connectivity index is 1.69. The van der Waals surface area contributed by atoms with Crippen molar-refractivity contribution >= 4 is 29.3 Å². The number of anilines is 1. The predicted octanol–water partition coefficient (Wildman–Crippen LogP) is 2.50. The molecule has 1 aliphatic rings. The van der Waals surface area contributed by atoms with Crippen molar-refractivity contribution in [2.75, 3.05) is 11.1 Å². The van der Waals surface area contributed by atoms with Crippen molar-refractivity contribution in [2.45, 2.75) is 57.1 Å². The van der Waals surface area contributed by atoms with Crippen LogP contribution in [-0.2, 0) is 29.0 Å². The molecule has 0 unspecified atom stereocenters. The minimum absolute atomic E-state index is 0.0431. The van der Waals surface area contributed by atoms with Crippen LogP contribution in [0.5, 0.6) is 0 Å². The summed E-state index contributed by atoms with van der Waals surface area (Å²) in [6, 6.07) is 6.09. The first kappa shape index (κ1) is 19.4. The van der Waals surface area contributed by atoms with Gasteiger partial charge in [-0.2, -0.15) is 0 Å². The van der Waals surface area contributed by atoms with Crippen LogP contribution in [0.15, 0.2) is 23.4 Å². The van der Waals surface area contributed by atoms with E-state index in [0.717, 1.165) is 48.3 Å². The lowest BCUT2D eigenvalue weighted by molar-refractivity contribution is -0.118. The van der Waals surface area contributed by atoms with Crippen LogP contribution in [0.2, 0.25) is 0 Å². The Morgan fingerprint density at radius 2 is 1.89 bits per heavy atom. The molecule has 1 aliphatic carbocycles. The van der Waals surface area contributed by atoms with Gasteiger partial charge in [0.05, 0.1) is 5.75 Å². The number of carbonyl (C=O) groups is 2. The first-order valence-corrected chi connectivity index (χ1v) is 10.3. The first-order chi connectivity index (χ1) is 13.0. The number of rotatable bonds is 9. The molecule has 1 fully saturated rings. The van der Waals surface area contributed by atoms with Gasteiger partial charge in [-0.05, 0) is 36.8 Å². The van der Waals surface area contributed by atoms with Crippen molar-refractivity contribution in [3.63, 3.8) is 0 Å². The van der Waals surface area contributed by atoms with Gasteiger partial charge in [-0.3, -0.25) is 14.2 Å². The number of benzene rings is 1. The number of nitrogens with zero attached hydrogens (tertiary/aromatic N) is 3. The Labute approximate surface area is 163 Å². The molecule has 0 saturated heterocycles. The number of para-hydroxylation sites is 1. The quantitative estimate of drug-likeness (QED) is 0.644. The molecule has 0 radical (unpaired) electrons. The monoisotopic (exact) mass is 387 g/mol. The van der Waals surface area contributed by atoms with E-state index in [1.165, 1.54) is 11.8 Å². The molecule has 0 aliphatic heterocycles. The van der Waals surface area contributed by atoms with E-state index < -0.39 is 5.91 Å². The second kappa shape index (κ2) is 8.56. The second-order valence-electron chi connectivity index (χ2n) is 6.66. The van der Waals surface area contributed by atoms with E-state index in [9.17, 15) is 9.59 Å². The van der Waals surface area contributed by atoms with Crippen LogP contribution in [0.4, 0.5) is 5.69 Å². The molecule has 27 heavy (non-hydrogen) atoms. The molecular weight excluding hydrogens is 362 g/mol. The first-order valence-electron chi connectivity index (χ1n) is 9.28. The van der Waals surface area contributed by atoms with Crippen LogP contribution in [-0.4, -0.2) is 32.3 Å². The fourth-order valence-electron chi connectivity index (χ4n) is 3.06. The summed E-state index contributed by atoms with van der Waals surface area (Å²) < 4.78 is 1.75. The van der Waals surface area contributed by atoms with Crippen LogP contribution >= 0.6 is 11.8 Å². The third kappa shape index (κ3) is 4.68. The number of nitrogens with one attached hydrogen (secondary N) is 1. The maximum absolute atomic E-state index is 12.5. The molecule has 1 saturated carbocycles. The van der Waals surface area contributed by atoms with Gasteiger partial charge in [0, 0.05) is 11.6 Å². The molecule has 2 amide bonds. The standard InChI is InChI=1S/C19H25N5O2S/c1-3-12-6-5-7-13(4-2)17(12)21-16(26)11-27-19-23-22-18(14-8-9-14)24(19)10-15(20)25/h5-7,14H,3-4,8-11H2,1-2H3,(H2,20,25)(H,21,26). The number of primary amides is 1. The third-order valence-electron chi connectivity index (χ3n) is 4.60. The van der Waals surface area contributed by atoms with Crippen LogP contribution in [0.3, 0.4) is 0 Å². The van der Waals surface area contributed by atoms with Gasteiger partial charge in [-0.15, -0.1) is 10.2 Å². The molecule has 7 nitrogen and oxygen atoms in total. The van der Waals surface area contributed by atoms with Crippen molar-refractivity contribution in [3.05, 3.63) is 35.2 Å². The zero-order valence-electron chi connectivity index (χ0n) is 15.7. The molecule has 0 atom stereocenters. The summed E-state index contributed by atoms with van der Waals surface area (Å²) in [6.07, 6.45) is 3.81. The molecular formula is C19H25N5O2S. The molecule has 2 aromatic rings. The van der Waals surface area contributed by atoms with Crippen LogP contribution < -0.4 is 11.1 Å². The molecule has 3 N–H and O–H groups in total. The number of aromatic nitrogens is 3. The number of hydrogen-bond acceptors (Lipinski definition) is 5. The Morgan fingerprint density at radius 1 is 1.22 bits per heavy atom. The fraction of sp³-hybridized carbons (Fsp3) is 0.474. The average Bonchev–Trinajstić information content (AvgIpc) is 3.42. The lowest BCUT2D eigenvalue weighted by Crippen LogP contribution is -2.21. The van der Waals surface area contributed by atoms with Gasteiger partial charge in [-0.25, -0.2) is 0 Å². The zero-order valence-corrected chi connectivity index (χ0v) is 16.5. The number of hydrogen-bond donors (Lipinski definition) is 2. The van der Waals surface area contributed by atoms with Crippen molar-refractivity contribution in [2.24, 2.45) is 5.73 Å². The summed E-state index contributed by atoms with van der Waals surface area (Å²) in [6.45, 7) is 4.19. The van der Waals surface area contributed by atoms with E-state index in [-0.39, 0.29) is 18.2 Å². The van der Waals surface area contributed by atoms with Gasteiger partial charge in [0.1, 0.15) is 12.4 Å². The molecule has 1 heterocycles. The Bertz CT molecular complexity index is 822. The maximum atomic E-state index is 12.5. The lowest BCUT2D eigenvalue weighted by Gasteiger charge is -2.14. The fourth-order valence-corrected chi connectivity index (χ4v) is 3.81. The van der Waals surface area contributed by atoms with Gasteiger partial charge in [0.2, 0.25) is 11.8 Å². The second-order valence-corrected chi connectivity index (χ2v) is 7.61. The summed E-state index contributed by atoms with van der Waals surface area (Å²) in [4.78, 5) is 23.9. The highest BCUT2D eigenvalue weighted by Gasteiger charge is 2.31. The van der Waals surface area contributed by atoms with Crippen LogP contribution in [0, 0.1) is 0 Å². The van der Waals surface area contributed by atoms with Gasteiger partial charge in [0.15, 0.2) is 5.16 Å². The zero-order chi connectivity index (χ0) is 19.4. The summed E-state index contributed by atoms with van der Waals surface area (Å²) in [7, 11) is 0. The largest absolute Gasteiger partial charge is 0.368 e. The normalized spacial score (nSPS) is 13.6. The Kier molecular flexibility index (Phi) is 6.15. The van der Waals surface area contributed by atoms with Gasteiger partial charge in [-0.1, -0.05) is 43.8 Å². The van der Waals surface area contributed by atoms with Crippen LogP contribution in [0.25, 0.3) is 0 Å². The summed E-state index contributed by atoms with van der Waals surface area (Å²) in [5, 5.41) is 12.0. The van der Waals surface area contributed by atoms with E-state index in [1.807, 2.05) is 18.2 Å². The van der Waals surface area contributed by atoms with Crippen molar-refractivity contribution in [1.82, 2.24) is 14.8 Å². The topological polar surface area (TPSA) is 103 Å². The number of nitrogens with two attached hydrogens (primary N) is 1. The van der Waals surface area contributed by atoms with Crippen molar-refractivity contribution in [3.8, 4) is 0 Å². The molecule has 0 bridgehead atoms. The van der Waals surface area contributed by atoms with E-state index >= 15 is 0 Å². The van der Waals surface area contributed by atoms with Gasteiger partial charge >= 0.3 is 0 Å². The summed E-state index contributed by atoms with van der Waals surface area (Å²) in [5.74, 6) is 0.803. The van der Waals surface area contributed by atoms with E-state index in [2.05, 4.69) is 29.4 Å². The average molecular weight is 388 g/mol. The predicted molar refractivity (Wildman–Crippen MR) is 106 cm³/mol. The Morgan fingerprint density at radius 3 is 2.44 bits per heavy atom. The molecule has 1 aromatic carbocycles. The van der Waals surface area contributed by atoms with Crippen LogP contribution in [0.1, 0.15) is 49.6 Å². The molecule has 144 valence electrons. The van der Waals surface area contributed by atoms with Crippen molar-refractivity contribution < 1.29 is 9.59 Å². The summed E-state index contributed by atoms with van der Waals surface area (Å²) in [5.41, 5.74) is 8.52. The van der Waals surface area contributed by atoms with Gasteiger partial charge in [0.25, 0.3) is 0 Å². The lowest BCUT2D eigenvalue weighted by atomic mass is 10.0. The Hall–Kier alpha value is -2.35. The SMILES string of the molecule is CCc1cccc(CC)c1NC(=O)CSc1nnc(C2CC2)n1CC(N)=O. The highest BCUT2D eigenvalue weighted by Crippen LogP contribution is 2.40. The minimum atomic E-state index is -0.438. The molecule has 3 rings (SSSR count). The molecule has 1 aromatic heterocycles. The smallest absolute Gasteiger partial charge is 0.237 e. The summed E-state index contributed by atoms with van der Waals surface area (Å²) >= 11 is 1.28. The van der Waals surface area contributed by atoms with E-state index in [0.29, 0.717) is 11.1 Å². The number of aryl methyl sites for hydroxylation is 2. The highest BCUT2D eigenvalue weighted by atomic mass is 32.2. The maximum Gasteiger partial charge on any atom is 0.237 e. The number of thioether (sulfide) groups is 1. The van der Waals surface area contributed by atoms with Gasteiger partial charge < -0.3 is 11.1 Å². The minimum Gasteiger partial charge on any atom is -0.368 e. The molecule has 8 heteroatoms. The van der Waals surface area contributed by atoms with Crippen molar-refractivity contribution in [1.29, 1.82) is 0 Å². The third-order valence-corrected chi connectivity index (χ3v) is 5.56. The van der Waals surface area contributed by atoms with E-state index in [1.54, 1.807) is 4.57 Å². The van der Waals surface area contributed by atoms with E-state index in [4.69, 9.17) is 5.73 Å². The highest BCUT2D eigenvalue weighted by molar-refractivity contribution is 7.99. The molecule has 0 spiro atoms. The number of amides is 2. The number of carbonyl (C=O) groups excluding carboxylic acids is 2.